The summed E-state index contributed by atoms with van der Waals surface area (Å²) < 4.78 is 27.9. The van der Waals surface area contributed by atoms with Crippen LogP contribution in [0.1, 0.15) is 24.5 Å². The zero-order valence-corrected chi connectivity index (χ0v) is 15.1. The van der Waals surface area contributed by atoms with Crippen LogP contribution in [0, 0.1) is 0 Å². The van der Waals surface area contributed by atoms with Gasteiger partial charge >= 0.3 is 0 Å². The third-order valence-electron chi connectivity index (χ3n) is 4.29. The van der Waals surface area contributed by atoms with Crippen LogP contribution in [-0.4, -0.2) is 57.6 Å². The Balaban J connectivity index is 1.93. The molecule has 6 nitrogen and oxygen atoms in total. The smallest absolute Gasteiger partial charge is 0.202 e. The molecule has 0 radical (unpaired) electrons. The first-order valence-corrected chi connectivity index (χ1v) is 8.36. The van der Waals surface area contributed by atoms with Crippen molar-refractivity contribution in [3.8, 4) is 0 Å². The molecule has 6 heteroatoms. The summed E-state index contributed by atoms with van der Waals surface area (Å²) in [5, 5.41) is 10.3. The van der Waals surface area contributed by atoms with E-state index in [1.54, 1.807) is 21.3 Å². The molecule has 0 spiro atoms. The van der Waals surface area contributed by atoms with Crippen molar-refractivity contribution in [2.24, 2.45) is 0 Å². The summed E-state index contributed by atoms with van der Waals surface area (Å²) in [7, 11) is 4.87. The quantitative estimate of drug-likeness (QED) is 0.689. The molecule has 2 rings (SSSR count). The molecule has 0 aromatic heterocycles. The maximum Gasteiger partial charge on any atom is 0.202 e. The normalized spacial score (nSPS) is 27.7. The van der Waals surface area contributed by atoms with E-state index in [0.29, 0.717) is 25.2 Å². The lowest BCUT2D eigenvalue weighted by atomic mass is 10.0. The van der Waals surface area contributed by atoms with Gasteiger partial charge in [0.1, 0.15) is 12.2 Å². The highest BCUT2D eigenvalue weighted by Gasteiger charge is 2.40. The van der Waals surface area contributed by atoms with Crippen LogP contribution in [0.5, 0.6) is 0 Å². The molecule has 0 amide bonds. The molecule has 5 atom stereocenters. The minimum absolute atomic E-state index is 0.171. The molecule has 0 saturated carbocycles. The summed E-state index contributed by atoms with van der Waals surface area (Å²) in [5.74, 6) is 0.461. The van der Waals surface area contributed by atoms with Crippen LogP contribution in [0.15, 0.2) is 42.7 Å². The van der Waals surface area contributed by atoms with Gasteiger partial charge < -0.3 is 28.8 Å². The molecule has 1 aliphatic rings. The summed E-state index contributed by atoms with van der Waals surface area (Å²) in [5.41, 5.74) is 0.822. The standard InChI is InChI=1S/C19H28O6/c1-13(10-15(20)14-8-6-5-7-9-14)24-18-11-16(22-3)19(23-4)17(25-18)12-21-2/h5-9,15-20H,1,10-12H2,2-4H3/t15?,16-,17-,18+,19+/m1/s1. The van der Waals surface area contributed by atoms with E-state index in [1.165, 1.54) is 0 Å². The SMILES string of the molecule is C=C(CC(O)c1ccccc1)O[C@@H]1C[C@@H](OC)[C@H](OC)[C@@H](COC)O1. The van der Waals surface area contributed by atoms with Gasteiger partial charge in [-0.25, -0.2) is 0 Å². The Bertz CT molecular complexity index is 520. The number of methoxy groups -OCH3 is 3. The van der Waals surface area contributed by atoms with Crippen molar-refractivity contribution < 1.29 is 28.8 Å². The molecule has 1 heterocycles. The molecule has 1 unspecified atom stereocenters. The second kappa shape index (κ2) is 9.89. The lowest BCUT2D eigenvalue weighted by molar-refractivity contribution is -0.257. The Hall–Kier alpha value is -1.44. The number of ether oxygens (including phenoxy) is 5. The van der Waals surface area contributed by atoms with Gasteiger partial charge in [0.25, 0.3) is 0 Å². The van der Waals surface area contributed by atoms with Crippen molar-refractivity contribution in [3.63, 3.8) is 0 Å². The molecule has 140 valence electrons. The topological polar surface area (TPSA) is 66.4 Å². The van der Waals surface area contributed by atoms with Crippen LogP contribution in [0.3, 0.4) is 0 Å². The van der Waals surface area contributed by atoms with E-state index in [4.69, 9.17) is 23.7 Å². The van der Waals surface area contributed by atoms with Gasteiger partial charge in [0, 0.05) is 34.2 Å². The fraction of sp³-hybridized carbons (Fsp3) is 0.579. The summed E-state index contributed by atoms with van der Waals surface area (Å²) in [6.07, 6.45) is -1.09. The molecule has 1 N–H and O–H groups in total. The fourth-order valence-electron chi connectivity index (χ4n) is 3.04. The highest BCUT2D eigenvalue weighted by Crippen LogP contribution is 2.28. The Morgan fingerprint density at radius 3 is 2.56 bits per heavy atom. The third kappa shape index (κ3) is 5.52. The molecular weight excluding hydrogens is 324 g/mol. The van der Waals surface area contributed by atoms with Crippen molar-refractivity contribution in [3.05, 3.63) is 48.2 Å². The Morgan fingerprint density at radius 2 is 1.96 bits per heavy atom. The lowest BCUT2D eigenvalue weighted by Crippen LogP contribution is -2.52. The Morgan fingerprint density at radius 1 is 1.24 bits per heavy atom. The van der Waals surface area contributed by atoms with E-state index in [1.807, 2.05) is 30.3 Å². The molecular formula is C19H28O6. The first kappa shape index (κ1) is 19.9. The van der Waals surface area contributed by atoms with Gasteiger partial charge in [-0.3, -0.25) is 0 Å². The first-order valence-electron chi connectivity index (χ1n) is 8.36. The van der Waals surface area contributed by atoms with Crippen LogP contribution in [0.2, 0.25) is 0 Å². The number of hydrogen-bond donors (Lipinski definition) is 1. The largest absolute Gasteiger partial charge is 0.470 e. The molecule has 0 aliphatic carbocycles. The van der Waals surface area contributed by atoms with Crippen molar-refractivity contribution >= 4 is 0 Å². The maximum absolute atomic E-state index is 10.3. The van der Waals surface area contributed by atoms with Crippen molar-refractivity contribution in [1.29, 1.82) is 0 Å². The average Bonchev–Trinajstić information content (AvgIpc) is 2.62. The van der Waals surface area contributed by atoms with Gasteiger partial charge in [0.2, 0.25) is 6.29 Å². The third-order valence-corrected chi connectivity index (χ3v) is 4.29. The lowest BCUT2D eigenvalue weighted by Gasteiger charge is -2.40. The van der Waals surface area contributed by atoms with E-state index in [9.17, 15) is 5.11 Å². The molecule has 1 aromatic rings. The number of benzene rings is 1. The molecule has 0 bridgehead atoms. The second-order valence-corrected chi connectivity index (χ2v) is 6.06. The van der Waals surface area contributed by atoms with Crippen LogP contribution in [0.4, 0.5) is 0 Å². The summed E-state index contributed by atoms with van der Waals surface area (Å²) in [6.45, 7) is 4.28. The van der Waals surface area contributed by atoms with E-state index in [0.717, 1.165) is 5.56 Å². The highest BCUT2D eigenvalue weighted by atomic mass is 16.7. The zero-order chi connectivity index (χ0) is 18.2. The van der Waals surface area contributed by atoms with Gasteiger partial charge in [-0.2, -0.15) is 0 Å². The number of aliphatic hydroxyl groups is 1. The predicted molar refractivity (Wildman–Crippen MR) is 93.0 cm³/mol. The van der Waals surface area contributed by atoms with E-state index in [-0.39, 0.29) is 18.3 Å². The average molecular weight is 352 g/mol. The fourth-order valence-corrected chi connectivity index (χ4v) is 3.04. The van der Waals surface area contributed by atoms with Crippen molar-refractivity contribution in [2.45, 2.75) is 43.5 Å². The molecule has 1 aromatic carbocycles. The molecule has 1 aliphatic heterocycles. The Labute approximate surface area is 149 Å². The number of hydrogen-bond acceptors (Lipinski definition) is 6. The van der Waals surface area contributed by atoms with Gasteiger partial charge in [0.05, 0.1) is 24.6 Å². The van der Waals surface area contributed by atoms with Crippen molar-refractivity contribution in [2.75, 3.05) is 27.9 Å². The van der Waals surface area contributed by atoms with Crippen LogP contribution < -0.4 is 0 Å². The van der Waals surface area contributed by atoms with Gasteiger partial charge in [-0.1, -0.05) is 36.9 Å². The summed E-state index contributed by atoms with van der Waals surface area (Å²) in [4.78, 5) is 0. The van der Waals surface area contributed by atoms with Gasteiger partial charge in [0.15, 0.2) is 0 Å². The van der Waals surface area contributed by atoms with E-state index >= 15 is 0 Å². The van der Waals surface area contributed by atoms with Gasteiger partial charge in [-0.05, 0) is 5.56 Å². The Kier molecular flexibility index (Phi) is 7.87. The molecule has 1 saturated heterocycles. The molecule has 1 fully saturated rings. The minimum Gasteiger partial charge on any atom is -0.470 e. The number of rotatable bonds is 9. The van der Waals surface area contributed by atoms with E-state index < -0.39 is 12.4 Å². The molecule has 25 heavy (non-hydrogen) atoms. The van der Waals surface area contributed by atoms with Gasteiger partial charge in [-0.15, -0.1) is 0 Å². The second-order valence-electron chi connectivity index (χ2n) is 6.06. The predicted octanol–water partition coefficient (Wildman–Crippen LogP) is 2.43. The minimum atomic E-state index is -0.669. The van der Waals surface area contributed by atoms with Crippen molar-refractivity contribution in [1.82, 2.24) is 0 Å². The summed E-state index contributed by atoms with van der Waals surface area (Å²) >= 11 is 0. The van der Waals surface area contributed by atoms with Crippen LogP contribution in [0.25, 0.3) is 0 Å². The highest BCUT2D eigenvalue weighted by molar-refractivity contribution is 5.18. The first-order chi connectivity index (χ1) is 12.1. The summed E-state index contributed by atoms with van der Waals surface area (Å²) in [6, 6.07) is 9.41. The maximum atomic E-state index is 10.3. The number of aliphatic hydroxyl groups excluding tert-OH is 1. The zero-order valence-electron chi connectivity index (χ0n) is 15.1. The van der Waals surface area contributed by atoms with Crippen LogP contribution in [-0.2, 0) is 23.7 Å². The van der Waals surface area contributed by atoms with E-state index in [2.05, 4.69) is 6.58 Å². The monoisotopic (exact) mass is 352 g/mol. The van der Waals surface area contributed by atoms with Crippen LogP contribution >= 0.6 is 0 Å².